The molecule has 19 heavy (non-hydrogen) atoms. The molecule has 0 aliphatic rings. The summed E-state index contributed by atoms with van der Waals surface area (Å²) in [4.78, 5) is 2.12. The number of anilines is 1. The van der Waals surface area contributed by atoms with Crippen molar-refractivity contribution in [2.45, 2.75) is 11.9 Å². The zero-order chi connectivity index (χ0) is 13.8. The first-order chi connectivity index (χ1) is 9.10. The van der Waals surface area contributed by atoms with E-state index in [0.29, 0.717) is 5.33 Å². The van der Waals surface area contributed by atoms with Crippen LogP contribution in [0, 0.1) is 5.82 Å². The minimum absolute atomic E-state index is 0.200. The van der Waals surface area contributed by atoms with Gasteiger partial charge in [0.2, 0.25) is 0 Å². The first-order valence-corrected chi connectivity index (χ1v) is 7.81. The molecule has 2 aromatic rings. The third-order valence-corrected chi connectivity index (χ3v) is 4.00. The maximum absolute atomic E-state index is 13.2. The molecule has 2 rings (SSSR count). The first kappa shape index (κ1) is 14.5. The predicted octanol–water partition coefficient (Wildman–Crippen LogP) is 5.12. The van der Waals surface area contributed by atoms with Crippen LogP contribution >= 0.6 is 31.9 Å². The molecule has 0 fully saturated rings. The second-order valence-electron chi connectivity index (χ2n) is 4.39. The lowest BCUT2D eigenvalue weighted by Gasteiger charge is -2.22. The molecular formula is C15H14Br2FN. The Morgan fingerprint density at radius 3 is 2.63 bits per heavy atom. The molecule has 1 nitrogen and oxygen atoms in total. The second kappa shape index (κ2) is 6.53. The largest absolute Gasteiger partial charge is 0.370 e. The monoisotopic (exact) mass is 385 g/mol. The average Bonchev–Trinajstić information content (AvgIpc) is 2.38. The van der Waals surface area contributed by atoms with Gasteiger partial charge in [-0.2, -0.15) is 0 Å². The summed E-state index contributed by atoms with van der Waals surface area (Å²) in [6.45, 7) is 0.783. The van der Waals surface area contributed by atoms with E-state index in [1.165, 1.54) is 11.6 Å². The van der Waals surface area contributed by atoms with Crippen molar-refractivity contribution in [2.75, 3.05) is 11.9 Å². The quantitative estimate of drug-likeness (QED) is 0.659. The highest BCUT2D eigenvalue weighted by molar-refractivity contribution is 9.10. The van der Waals surface area contributed by atoms with Gasteiger partial charge in [0.25, 0.3) is 0 Å². The molecule has 4 heteroatoms. The molecule has 0 heterocycles. The van der Waals surface area contributed by atoms with Crippen molar-refractivity contribution >= 4 is 37.5 Å². The number of nitrogens with zero attached hydrogens (tertiary/aromatic N) is 1. The molecule has 0 radical (unpaired) electrons. The summed E-state index contributed by atoms with van der Waals surface area (Å²) in [6.07, 6.45) is 0. The fraction of sp³-hybridized carbons (Fsp3) is 0.200. The molecule has 0 spiro atoms. The van der Waals surface area contributed by atoms with Gasteiger partial charge < -0.3 is 4.90 Å². The summed E-state index contributed by atoms with van der Waals surface area (Å²) < 4.78 is 14.3. The predicted molar refractivity (Wildman–Crippen MR) is 85.3 cm³/mol. The van der Waals surface area contributed by atoms with E-state index in [9.17, 15) is 4.39 Å². The SMILES string of the molecule is CN(Cc1cccc(Br)c1)c1ccc(F)cc1CBr. The van der Waals surface area contributed by atoms with Crippen LogP contribution in [0.25, 0.3) is 0 Å². The van der Waals surface area contributed by atoms with Gasteiger partial charge in [-0.25, -0.2) is 4.39 Å². The molecule has 2 aromatic carbocycles. The molecule has 0 bridgehead atoms. The smallest absolute Gasteiger partial charge is 0.123 e. The highest BCUT2D eigenvalue weighted by Gasteiger charge is 2.08. The van der Waals surface area contributed by atoms with Crippen LogP contribution in [-0.2, 0) is 11.9 Å². The van der Waals surface area contributed by atoms with E-state index in [2.05, 4.69) is 48.9 Å². The van der Waals surface area contributed by atoms with Gasteiger partial charge in [-0.05, 0) is 41.5 Å². The minimum atomic E-state index is -0.200. The molecular weight excluding hydrogens is 373 g/mol. The molecule has 0 aliphatic heterocycles. The minimum Gasteiger partial charge on any atom is -0.370 e. The Morgan fingerprint density at radius 2 is 1.95 bits per heavy atom. The van der Waals surface area contributed by atoms with Gasteiger partial charge in [0.05, 0.1) is 0 Å². The maximum Gasteiger partial charge on any atom is 0.123 e. The van der Waals surface area contributed by atoms with E-state index in [4.69, 9.17) is 0 Å². The Hall–Kier alpha value is -0.870. The first-order valence-electron chi connectivity index (χ1n) is 5.90. The van der Waals surface area contributed by atoms with Gasteiger partial charge in [0.1, 0.15) is 5.82 Å². The standard InChI is InChI=1S/C15H14Br2FN/c1-19(10-11-3-2-4-13(17)7-11)15-6-5-14(18)8-12(15)9-16/h2-8H,9-10H2,1H3. The third-order valence-electron chi connectivity index (χ3n) is 2.91. The van der Waals surface area contributed by atoms with Crippen LogP contribution in [-0.4, -0.2) is 7.05 Å². The Balaban J connectivity index is 2.22. The van der Waals surface area contributed by atoms with Crippen LogP contribution in [0.1, 0.15) is 11.1 Å². The summed E-state index contributed by atoms with van der Waals surface area (Å²) in [7, 11) is 2.01. The van der Waals surface area contributed by atoms with Crippen molar-refractivity contribution in [1.82, 2.24) is 0 Å². The van der Waals surface area contributed by atoms with Crippen molar-refractivity contribution in [1.29, 1.82) is 0 Å². The molecule has 0 amide bonds. The van der Waals surface area contributed by atoms with E-state index in [1.54, 1.807) is 6.07 Å². The summed E-state index contributed by atoms with van der Waals surface area (Å²) in [5.41, 5.74) is 3.21. The van der Waals surface area contributed by atoms with Gasteiger partial charge in [-0.15, -0.1) is 0 Å². The number of hydrogen-bond donors (Lipinski definition) is 0. The zero-order valence-electron chi connectivity index (χ0n) is 10.5. The topological polar surface area (TPSA) is 3.24 Å². The lowest BCUT2D eigenvalue weighted by molar-refractivity contribution is 0.626. The zero-order valence-corrected chi connectivity index (χ0v) is 13.7. The van der Waals surface area contributed by atoms with Crippen LogP contribution in [0.4, 0.5) is 10.1 Å². The molecule has 0 saturated heterocycles. The average molecular weight is 387 g/mol. The lowest BCUT2D eigenvalue weighted by Crippen LogP contribution is -2.17. The number of benzene rings is 2. The third kappa shape index (κ3) is 3.80. The van der Waals surface area contributed by atoms with Crippen LogP contribution in [0.2, 0.25) is 0 Å². The molecule has 0 aliphatic carbocycles. The van der Waals surface area contributed by atoms with E-state index < -0.39 is 0 Å². The fourth-order valence-electron chi connectivity index (χ4n) is 2.03. The van der Waals surface area contributed by atoms with Crippen molar-refractivity contribution in [3.8, 4) is 0 Å². The van der Waals surface area contributed by atoms with Crippen LogP contribution in [0.15, 0.2) is 46.9 Å². The van der Waals surface area contributed by atoms with E-state index in [-0.39, 0.29) is 5.82 Å². The molecule has 0 atom stereocenters. The Kier molecular flexibility index (Phi) is 4.99. The normalized spacial score (nSPS) is 10.5. The maximum atomic E-state index is 13.2. The number of alkyl halides is 1. The van der Waals surface area contributed by atoms with Crippen molar-refractivity contribution < 1.29 is 4.39 Å². The number of rotatable bonds is 4. The fourth-order valence-corrected chi connectivity index (χ4v) is 2.92. The van der Waals surface area contributed by atoms with Gasteiger partial charge in [0.15, 0.2) is 0 Å². The summed E-state index contributed by atoms with van der Waals surface area (Å²) in [5.74, 6) is -0.200. The van der Waals surface area contributed by atoms with Gasteiger partial charge in [0, 0.05) is 29.1 Å². The highest BCUT2D eigenvalue weighted by atomic mass is 79.9. The summed E-state index contributed by atoms with van der Waals surface area (Å²) in [6, 6.07) is 13.1. The lowest BCUT2D eigenvalue weighted by atomic mass is 10.1. The summed E-state index contributed by atoms with van der Waals surface area (Å²) in [5, 5.41) is 0.642. The molecule has 0 unspecified atom stereocenters. The summed E-state index contributed by atoms with van der Waals surface area (Å²) >= 11 is 6.88. The molecule has 0 aromatic heterocycles. The molecule has 0 saturated carbocycles. The van der Waals surface area contributed by atoms with Crippen molar-refractivity contribution in [3.05, 3.63) is 63.9 Å². The Bertz CT molecular complexity index is 572. The van der Waals surface area contributed by atoms with Gasteiger partial charge in [-0.1, -0.05) is 44.0 Å². The van der Waals surface area contributed by atoms with Gasteiger partial charge in [-0.3, -0.25) is 0 Å². The molecule has 100 valence electrons. The highest BCUT2D eigenvalue weighted by Crippen LogP contribution is 2.25. The van der Waals surface area contributed by atoms with Gasteiger partial charge >= 0.3 is 0 Å². The number of hydrogen-bond acceptors (Lipinski definition) is 1. The van der Waals surface area contributed by atoms with E-state index in [1.807, 2.05) is 25.2 Å². The van der Waals surface area contributed by atoms with Crippen molar-refractivity contribution in [2.24, 2.45) is 0 Å². The van der Waals surface area contributed by atoms with E-state index >= 15 is 0 Å². The Labute approximate surface area is 129 Å². The molecule has 0 N–H and O–H groups in total. The van der Waals surface area contributed by atoms with Crippen LogP contribution in [0.5, 0.6) is 0 Å². The Morgan fingerprint density at radius 1 is 1.16 bits per heavy atom. The van der Waals surface area contributed by atoms with Crippen molar-refractivity contribution in [3.63, 3.8) is 0 Å². The van der Waals surface area contributed by atoms with Crippen LogP contribution in [0.3, 0.4) is 0 Å². The number of halogens is 3. The second-order valence-corrected chi connectivity index (χ2v) is 5.87. The van der Waals surface area contributed by atoms with Crippen LogP contribution < -0.4 is 4.90 Å². The van der Waals surface area contributed by atoms with E-state index in [0.717, 1.165) is 22.3 Å².